The van der Waals surface area contributed by atoms with E-state index in [1.54, 1.807) is 3.96 Å². The van der Waals surface area contributed by atoms with Crippen molar-refractivity contribution in [2.45, 2.75) is 33.2 Å². The molecule has 22 heavy (non-hydrogen) atoms. The molecule has 3 rings (SSSR count). The summed E-state index contributed by atoms with van der Waals surface area (Å²) in [7, 11) is 0. The summed E-state index contributed by atoms with van der Waals surface area (Å²) in [5.41, 5.74) is -0.0560. The third-order valence-corrected chi connectivity index (χ3v) is 5.64. The highest BCUT2D eigenvalue weighted by atomic mass is 32.1. The standard InChI is InChI=1S/C17H22N2O2S/c1-11-8-12(2)10-18(9-11)16(20)13(3)19-17(21)14-6-4-5-7-15(14)22-19/h4-7,11-13H,8-10H2,1-3H3/t11-,12-,13+/m1/s1. The molecular formula is C17H22N2O2S. The average Bonchev–Trinajstić information content (AvgIpc) is 2.82. The summed E-state index contributed by atoms with van der Waals surface area (Å²) in [6.07, 6.45) is 1.17. The van der Waals surface area contributed by atoms with Gasteiger partial charge in [0.05, 0.1) is 10.1 Å². The van der Waals surface area contributed by atoms with Gasteiger partial charge >= 0.3 is 0 Å². The second kappa shape index (κ2) is 5.88. The molecule has 0 bridgehead atoms. The Labute approximate surface area is 134 Å². The Morgan fingerprint density at radius 1 is 1.23 bits per heavy atom. The molecule has 2 aromatic rings. The Morgan fingerprint density at radius 3 is 2.50 bits per heavy atom. The largest absolute Gasteiger partial charge is 0.340 e. The van der Waals surface area contributed by atoms with Crippen molar-refractivity contribution < 1.29 is 4.79 Å². The minimum atomic E-state index is -0.428. The fourth-order valence-electron chi connectivity index (χ4n) is 3.45. The zero-order valence-corrected chi connectivity index (χ0v) is 14.1. The number of nitrogens with zero attached hydrogens (tertiary/aromatic N) is 2. The number of benzene rings is 1. The number of aromatic nitrogens is 1. The first kappa shape index (κ1) is 15.3. The number of piperidine rings is 1. The van der Waals surface area contributed by atoms with Crippen molar-refractivity contribution in [2.75, 3.05) is 13.1 Å². The third-order valence-electron chi connectivity index (χ3n) is 4.40. The number of hydrogen-bond donors (Lipinski definition) is 0. The maximum Gasteiger partial charge on any atom is 0.269 e. The van der Waals surface area contributed by atoms with Crippen LogP contribution in [0, 0.1) is 11.8 Å². The molecule has 1 aromatic heterocycles. The van der Waals surface area contributed by atoms with E-state index in [-0.39, 0.29) is 11.5 Å². The molecule has 1 aromatic carbocycles. The molecule has 118 valence electrons. The van der Waals surface area contributed by atoms with Crippen molar-refractivity contribution in [2.24, 2.45) is 11.8 Å². The summed E-state index contributed by atoms with van der Waals surface area (Å²) in [5.74, 6) is 1.12. The van der Waals surface area contributed by atoms with Crippen molar-refractivity contribution in [1.82, 2.24) is 8.86 Å². The number of carbonyl (C=O) groups is 1. The van der Waals surface area contributed by atoms with Crippen LogP contribution in [-0.4, -0.2) is 27.9 Å². The predicted molar refractivity (Wildman–Crippen MR) is 90.3 cm³/mol. The quantitative estimate of drug-likeness (QED) is 0.854. The van der Waals surface area contributed by atoms with Crippen LogP contribution in [-0.2, 0) is 4.79 Å². The summed E-state index contributed by atoms with van der Waals surface area (Å²) in [6.45, 7) is 7.81. The Bertz CT molecular complexity index is 738. The molecule has 0 unspecified atom stereocenters. The smallest absolute Gasteiger partial charge is 0.269 e. The zero-order chi connectivity index (χ0) is 15.9. The monoisotopic (exact) mass is 318 g/mol. The van der Waals surface area contributed by atoms with Gasteiger partial charge < -0.3 is 4.90 Å². The molecule has 0 saturated carbocycles. The molecule has 5 heteroatoms. The topological polar surface area (TPSA) is 42.3 Å². The molecule has 3 atom stereocenters. The van der Waals surface area contributed by atoms with E-state index in [0.717, 1.165) is 17.8 Å². The fourth-order valence-corrected chi connectivity index (χ4v) is 4.49. The van der Waals surface area contributed by atoms with E-state index in [1.165, 1.54) is 18.0 Å². The van der Waals surface area contributed by atoms with Crippen molar-refractivity contribution in [3.63, 3.8) is 0 Å². The lowest BCUT2D eigenvalue weighted by Crippen LogP contribution is -2.45. The van der Waals surface area contributed by atoms with E-state index in [4.69, 9.17) is 0 Å². The first-order chi connectivity index (χ1) is 10.5. The van der Waals surface area contributed by atoms with Crippen LogP contribution in [0.15, 0.2) is 29.1 Å². The van der Waals surface area contributed by atoms with E-state index in [1.807, 2.05) is 36.1 Å². The number of amides is 1. The van der Waals surface area contributed by atoms with E-state index in [2.05, 4.69) is 13.8 Å². The third kappa shape index (κ3) is 2.70. The lowest BCUT2D eigenvalue weighted by molar-refractivity contribution is -0.136. The minimum Gasteiger partial charge on any atom is -0.340 e. The van der Waals surface area contributed by atoms with E-state index in [9.17, 15) is 9.59 Å². The van der Waals surface area contributed by atoms with Gasteiger partial charge in [-0.2, -0.15) is 0 Å². The number of likely N-dealkylation sites (tertiary alicyclic amines) is 1. The zero-order valence-electron chi connectivity index (χ0n) is 13.3. The molecule has 4 nitrogen and oxygen atoms in total. The molecule has 2 heterocycles. The van der Waals surface area contributed by atoms with E-state index < -0.39 is 6.04 Å². The van der Waals surface area contributed by atoms with Crippen LogP contribution in [0.25, 0.3) is 10.1 Å². The highest BCUT2D eigenvalue weighted by Crippen LogP contribution is 2.25. The highest BCUT2D eigenvalue weighted by molar-refractivity contribution is 7.14. The maximum absolute atomic E-state index is 12.8. The van der Waals surface area contributed by atoms with Crippen LogP contribution in [0.2, 0.25) is 0 Å². The SMILES string of the molecule is C[C@@H]1C[C@@H](C)CN(C(=O)[C@H](C)n2sc3ccccc3c2=O)C1. The lowest BCUT2D eigenvalue weighted by atomic mass is 9.91. The molecule has 0 spiro atoms. The van der Waals surface area contributed by atoms with Crippen LogP contribution in [0.5, 0.6) is 0 Å². The lowest BCUT2D eigenvalue weighted by Gasteiger charge is -2.36. The Balaban J connectivity index is 1.88. The van der Waals surface area contributed by atoms with E-state index in [0.29, 0.717) is 17.2 Å². The molecule has 1 fully saturated rings. The van der Waals surface area contributed by atoms with Gasteiger partial charge in [0.2, 0.25) is 5.91 Å². The molecule has 1 aliphatic heterocycles. The van der Waals surface area contributed by atoms with Crippen LogP contribution in [0.4, 0.5) is 0 Å². The van der Waals surface area contributed by atoms with Gasteiger partial charge in [-0.3, -0.25) is 13.5 Å². The maximum atomic E-state index is 12.8. The normalized spacial score (nSPS) is 23.7. The van der Waals surface area contributed by atoms with Gasteiger partial charge in [-0.15, -0.1) is 0 Å². The molecule has 1 aliphatic rings. The molecule has 1 amide bonds. The fraction of sp³-hybridized carbons (Fsp3) is 0.529. The summed E-state index contributed by atoms with van der Waals surface area (Å²) < 4.78 is 2.56. The van der Waals surface area contributed by atoms with Gasteiger partial charge in [0.25, 0.3) is 5.56 Å². The Hall–Kier alpha value is -1.62. The molecular weight excluding hydrogens is 296 g/mol. The predicted octanol–water partition coefficient (Wildman–Crippen LogP) is 3.13. The molecule has 0 radical (unpaired) electrons. The second-order valence-electron chi connectivity index (χ2n) is 6.58. The summed E-state index contributed by atoms with van der Waals surface area (Å²) >= 11 is 1.38. The van der Waals surface area contributed by atoms with Gasteiger partial charge in [0.15, 0.2) is 0 Å². The Morgan fingerprint density at radius 2 is 1.86 bits per heavy atom. The van der Waals surface area contributed by atoms with E-state index >= 15 is 0 Å². The highest BCUT2D eigenvalue weighted by Gasteiger charge is 2.30. The van der Waals surface area contributed by atoms with Gasteiger partial charge in [-0.1, -0.05) is 37.5 Å². The molecule has 1 saturated heterocycles. The second-order valence-corrected chi connectivity index (χ2v) is 7.60. The molecule has 0 aliphatic carbocycles. The van der Waals surface area contributed by atoms with Gasteiger partial charge in [0.1, 0.15) is 6.04 Å². The average molecular weight is 318 g/mol. The van der Waals surface area contributed by atoms with Crippen molar-refractivity contribution in [3.8, 4) is 0 Å². The first-order valence-electron chi connectivity index (χ1n) is 7.86. The number of rotatable bonds is 2. The van der Waals surface area contributed by atoms with Gasteiger partial charge in [-0.25, -0.2) is 0 Å². The first-order valence-corrected chi connectivity index (χ1v) is 8.64. The van der Waals surface area contributed by atoms with Crippen LogP contribution in [0.3, 0.4) is 0 Å². The van der Waals surface area contributed by atoms with Crippen molar-refractivity contribution in [1.29, 1.82) is 0 Å². The van der Waals surface area contributed by atoms with Crippen LogP contribution < -0.4 is 5.56 Å². The van der Waals surface area contributed by atoms with Gasteiger partial charge in [0, 0.05) is 13.1 Å². The minimum absolute atomic E-state index is 0.0560. The van der Waals surface area contributed by atoms with Gasteiger partial charge in [-0.05, 0) is 37.3 Å². The van der Waals surface area contributed by atoms with Crippen molar-refractivity contribution >= 4 is 27.5 Å². The van der Waals surface area contributed by atoms with Crippen LogP contribution in [0.1, 0.15) is 33.2 Å². The van der Waals surface area contributed by atoms with Crippen LogP contribution >= 0.6 is 11.5 Å². The summed E-state index contributed by atoms with van der Waals surface area (Å²) in [4.78, 5) is 27.2. The molecule has 0 N–H and O–H groups in total. The van der Waals surface area contributed by atoms with Crippen molar-refractivity contribution in [3.05, 3.63) is 34.6 Å². The summed E-state index contributed by atoms with van der Waals surface area (Å²) in [5, 5.41) is 0.701. The number of hydrogen-bond acceptors (Lipinski definition) is 3. The number of fused-ring (bicyclic) bond motifs is 1. The Kier molecular flexibility index (Phi) is 4.08. The number of carbonyl (C=O) groups excluding carboxylic acids is 1. The summed E-state index contributed by atoms with van der Waals surface area (Å²) in [6, 6.07) is 7.11.